The van der Waals surface area contributed by atoms with Gasteiger partial charge < -0.3 is 5.32 Å². The van der Waals surface area contributed by atoms with Crippen molar-refractivity contribution in [2.75, 3.05) is 7.05 Å². The van der Waals surface area contributed by atoms with Gasteiger partial charge in [-0.3, -0.25) is 0 Å². The number of likely N-dealkylation sites (N-methyl/N-ethyl adjacent to an activating group) is 1. The maximum Gasteiger partial charge on any atom is 0.0369 e. The highest BCUT2D eigenvalue weighted by molar-refractivity contribution is 9.10. The molecule has 2 aromatic rings. The monoisotopic (exact) mass is 331 g/mol. The quantitative estimate of drug-likeness (QED) is 0.842. The van der Waals surface area contributed by atoms with Crippen LogP contribution in [-0.2, 0) is 6.42 Å². The molecule has 2 heteroatoms. The van der Waals surface area contributed by atoms with Gasteiger partial charge in [0.2, 0.25) is 0 Å². The predicted molar refractivity (Wildman–Crippen MR) is 90.3 cm³/mol. The van der Waals surface area contributed by atoms with Gasteiger partial charge in [-0.2, -0.15) is 0 Å². The van der Waals surface area contributed by atoms with Gasteiger partial charge in [0.25, 0.3) is 0 Å². The molecule has 106 valence electrons. The van der Waals surface area contributed by atoms with Crippen LogP contribution in [0.1, 0.15) is 33.9 Å². The van der Waals surface area contributed by atoms with E-state index in [4.69, 9.17) is 0 Å². The van der Waals surface area contributed by atoms with Gasteiger partial charge >= 0.3 is 0 Å². The number of rotatable bonds is 4. The molecule has 0 spiro atoms. The molecule has 0 amide bonds. The molecule has 1 N–H and O–H groups in total. The zero-order chi connectivity index (χ0) is 14.7. The zero-order valence-electron chi connectivity index (χ0n) is 12.6. The SMILES string of the molecule is CNC(Cc1cc(C)cc(C)c1)c1cc(C)ccc1Br. The Morgan fingerprint density at radius 2 is 1.60 bits per heavy atom. The van der Waals surface area contributed by atoms with Gasteiger partial charge in [0.15, 0.2) is 0 Å². The Morgan fingerprint density at radius 3 is 2.20 bits per heavy atom. The van der Waals surface area contributed by atoms with E-state index in [2.05, 4.69) is 78.4 Å². The number of benzene rings is 2. The maximum atomic E-state index is 3.67. The number of aryl methyl sites for hydroxylation is 3. The maximum absolute atomic E-state index is 3.67. The minimum atomic E-state index is 0.325. The molecule has 20 heavy (non-hydrogen) atoms. The molecular weight excluding hydrogens is 310 g/mol. The average Bonchev–Trinajstić information content (AvgIpc) is 2.38. The molecule has 0 aliphatic carbocycles. The fourth-order valence-corrected chi connectivity index (χ4v) is 3.24. The highest BCUT2D eigenvalue weighted by Gasteiger charge is 2.14. The highest BCUT2D eigenvalue weighted by atomic mass is 79.9. The third-order valence-electron chi connectivity index (χ3n) is 3.60. The summed E-state index contributed by atoms with van der Waals surface area (Å²) in [6, 6.07) is 13.6. The summed E-state index contributed by atoms with van der Waals surface area (Å²) >= 11 is 3.67. The van der Waals surface area contributed by atoms with Crippen molar-refractivity contribution < 1.29 is 0 Å². The van der Waals surface area contributed by atoms with Crippen LogP contribution in [0.2, 0.25) is 0 Å². The molecule has 0 heterocycles. The second-order valence-electron chi connectivity index (χ2n) is 5.57. The lowest BCUT2D eigenvalue weighted by Crippen LogP contribution is -2.19. The first kappa shape index (κ1) is 15.3. The Morgan fingerprint density at radius 1 is 0.950 bits per heavy atom. The Balaban J connectivity index is 2.31. The number of nitrogens with one attached hydrogen (secondary N) is 1. The van der Waals surface area contributed by atoms with Gasteiger partial charge in [-0.25, -0.2) is 0 Å². The van der Waals surface area contributed by atoms with Gasteiger partial charge in [-0.05, 0) is 51.4 Å². The van der Waals surface area contributed by atoms with Gasteiger partial charge in [0, 0.05) is 10.5 Å². The lowest BCUT2D eigenvalue weighted by atomic mass is 9.96. The average molecular weight is 332 g/mol. The number of hydrogen-bond acceptors (Lipinski definition) is 1. The standard InChI is InChI=1S/C18H22BrN/c1-12-5-6-17(19)16(10-12)18(20-4)11-15-8-13(2)7-14(3)9-15/h5-10,18,20H,11H2,1-4H3. The van der Waals surface area contributed by atoms with E-state index in [1.165, 1.54) is 32.3 Å². The van der Waals surface area contributed by atoms with E-state index < -0.39 is 0 Å². The van der Waals surface area contributed by atoms with E-state index in [1.807, 2.05) is 7.05 Å². The van der Waals surface area contributed by atoms with Crippen LogP contribution in [0, 0.1) is 20.8 Å². The molecule has 2 rings (SSSR count). The van der Waals surface area contributed by atoms with Crippen molar-refractivity contribution >= 4 is 15.9 Å². The lowest BCUT2D eigenvalue weighted by Gasteiger charge is -2.19. The van der Waals surface area contributed by atoms with E-state index in [9.17, 15) is 0 Å². The molecular formula is C18H22BrN. The smallest absolute Gasteiger partial charge is 0.0369 e. The molecule has 0 saturated heterocycles. The normalized spacial score (nSPS) is 12.4. The van der Waals surface area contributed by atoms with Crippen molar-refractivity contribution in [1.82, 2.24) is 5.32 Å². The summed E-state index contributed by atoms with van der Waals surface area (Å²) in [6.45, 7) is 6.46. The Hall–Kier alpha value is -1.12. The molecule has 0 bridgehead atoms. The van der Waals surface area contributed by atoms with Crippen LogP contribution in [0.4, 0.5) is 0 Å². The van der Waals surface area contributed by atoms with Crippen molar-refractivity contribution in [3.63, 3.8) is 0 Å². The largest absolute Gasteiger partial charge is 0.313 e. The summed E-state index contributed by atoms with van der Waals surface area (Å²) in [4.78, 5) is 0. The minimum Gasteiger partial charge on any atom is -0.313 e. The van der Waals surface area contributed by atoms with Crippen molar-refractivity contribution in [3.8, 4) is 0 Å². The first-order valence-corrected chi connectivity index (χ1v) is 7.79. The Bertz CT molecular complexity index is 584. The second kappa shape index (κ2) is 6.55. The van der Waals surface area contributed by atoms with Crippen LogP contribution in [0.5, 0.6) is 0 Å². The van der Waals surface area contributed by atoms with Gasteiger partial charge in [0.05, 0.1) is 0 Å². The molecule has 0 fully saturated rings. The van der Waals surface area contributed by atoms with Gasteiger partial charge in [-0.15, -0.1) is 0 Å². The minimum absolute atomic E-state index is 0.325. The van der Waals surface area contributed by atoms with Gasteiger partial charge in [0.1, 0.15) is 0 Å². The first-order valence-electron chi connectivity index (χ1n) is 7.00. The number of halogens is 1. The topological polar surface area (TPSA) is 12.0 Å². The predicted octanol–water partition coefficient (Wildman–Crippen LogP) is 4.88. The van der Waals surface area contributed by atoms with Crippen LogP contribution in [0.15, 0.2) is 40.9 Å². The third-order valence-corrected chi connectivity index (χ3v) is 4.32. The van der Waals surface area contributed by atoms with Gasteiger partial charge in [-0.1, -0.05) is 63.0 Å². The van der Waals surface area contributed by atoms with Crippen molar-refractivity contribution in [1.29, 1.82) is 0 Å². The Labute approximate surface area is 130 Å². The molecule has 1 unspecified atom stereocenters. The summed E-state index contributed by atoms with van der Waals surface area (Å²) < 4.78 is 1.17. The van der Waals surface area contributed by atoms with Crippen molar-refractivity contribution in [2.24, 2.45) is 0 Å². The second-order valence-corrected chi connectivity index (χ2v) is 6.42. The number of hydrogen-bond donors (Lipinski definition) is 1. The van der Waals surface area contributed by atoms with Crippen LogP contribution in [0.25, 0.3) is 0 Å². The molecule has 0 aliphatic heterocycles. The van der Waals surface area contributed by atoms with E-state index in [-0.39, 0.29) is 0 Å². The van der Waals surface area contributed by atoms with E-state index >= 15 is 0 Å². The summed E-state index contributed by atoms with van der Waals surface area (Å²) in [5.41, 5.74) is 6.67. The molecule has 0 aliphatic rings. The Kier molecular flexibility index (Phi) is 5.00. The van der Waals surface area contributed by atoms with Crippen molar-refractivity contribution in [2.45, 2.75) is 33.2 Å². The van der Waals surface area contributed by atoms with Crippen LogP contribution >= 0.6 is 15.9 Å². The third kappa shape index (κ3) is 3.71. The van der Waals surface area contributed by atoms with E-state index in [0.29, 0.717) is 6.04 Å². The van der Waals surface area contributed by atoms with Crippen molar-refractivity contribution in [3.05, 3.63) is 68.7 Å². The molecule has 2 aromatic carbocycles. The molecule has 0 radical (unpaired) electrons. The lowest BCUT2D eigenvalue weighted by molar-refractivity contribution is 0.589. The summed E-state index contributed by atoms with van der Waals surface area (Å²) in [5, 5.41) is 3.44. The molecule has 0 saturated carbocycles. The first-order chi connectivity index (χ1) is 9.49. The van der Waals surface area contributed by atoms with E-state index in [0.717, 1.165) is 6.42 Å². The summed E-state index contributed by atoms with van der Waals surface area (Å²) in [6.07, 6.45) is 1.00. The van der Waals surface area contributed by atoms with Crippen LogP contribution in [0.3, 0.4) is 0 Å². The fraction of sp³-hybridized carbons (Fsp3) is 0.333. The highest BCUT2D eigenvalue weighted by Crippen LogP contribution is 2.27. The molecule has 1 nitrogen and oxygen atoms in total. The van der Waals surface area contributed by atoms with E-state index in [1.54, 1.807) is 0 Å². The summed E-state index contributed by atoms with van der Waals surface area (Å²) in [5.74, 6) is 0. The molecule has 0 aromatic heterocycles. The van der Waals surface area contributed by atoms with Crippen LogP contribution in [-0.4, -0.2) is 7.05 Å². The zero-order valence-corrected chi connectivity index (χ0v) is 14.2. The summed E-state index contributed by atoms with van der Waals surface area (Å²) in [7, 11) is 2.03. The van der Waals surface area contributed by atoms with Crippen LogP contribution < -0.4 is 5.32 Å². The molecule has 1 atom stereocenters. The fourth-order valence-electron chi connectivity index (χ4n) is 2.72.